The molecule has 1 amide bonds. The van der Waals surface area contributed by atoms with Crippen molar-refractivity contribution in [3.05, 3.63) is 105 Å². The first kappa shape index (κ1) is 26.0. The summed E-state index contributed by atoms with van der Waals surface area (Å²) in [5, 5.41) is 31.3. The van der Waals surface area contributed by atoms with Crippen LogP contribution in [0, 0.1) is 20.2 Å². The zero-order valence-electron chi connectivity index (χ0n) is 19.7. The number of carbonyl (C=O) groups excluding carboxylic acids is 1. The van der Waals surface area contributed by atoms with Crippen LogP contribution in [0.15, 0.2) is 95.0 Å². The van der Waals surface area contributed by atoms with E-state index in [-0.39, 0.29) is 23.7 Å². The van der Waals surface area contributed by atoms with Crippen LogP contribution < -0.4 is 16.0 Å². The van der Waals surface area contributed by atoms with Crippen molar-refractivity contribution in [1.82, 2.24) is 9.97 Å². The normalized spacial score (nSPS) is 10.4. The molecule has 4 aromatic rings. The SMILES string of the molecule is O=C(CCNc1cccc([N+](=O)[O-])c1)Nc1ccc(Sc2ccnc(Nc3cccc([N+](=O)[O-])c3)n2)cc1. The van der Waals surface area contributed by atoms with Gasteiger partial charge < -0.3 is 16.0 Å². The van der Waals surface area contributed by atoms with Crippen LogP contribution >= 0.6 is 11.8 Å². The molecule has 3 N–H and O–H groups in total. The van der Waals surface area contributed by atoms with E-state index in [1.807, 2.05) is 12.1 Å². The third kappa shape index (κ3) is 7.48. The van der Waals surface area contributed by atoms with Crippen molar-refractivity contribution in [2.75, 3.05) is 22.5 Å². The fraction of sp³-hybridized carbons (Fsp3) is 0.0800. The Bertz CT molecular complexity index is 1470. The van der Waals surface area contributed by atoms with E-state index in [1.54, 1.807) is 48.7 Å². The molecule has 12 nitrogen and oxygen atoms in total. The molecule has 0 unspecified atom stereocenters. The van der Waals surface area contributed by atoms with Gasteiger partial charge >= 0.3 is 0 Å². The molecule has 0 fully saturated rings. The van der Waals surface area contributed by atoms with Crippen molar-refractivity contribution in [3.8, 4) is 0 Å². The minimum Gasteiger partial charge on any atom is -0.384 e. The van der Waals surface area contributed by atoms with Gasteiger partial charge in [-0.05, 0) is 42.5 Å². The number of anilines is 4. The van der Waals surface area contributed by atoms with E-state index in [0.29, 0.717) is 34.6 Å². The van der Waals surface area contributed by atoms with Crippen LogP contribution in [0.2, 0.25) is 0 Å². The molecule has 0 bridgehead atoms. The summed E-state index contributed by atoms with van der Waals surface area (Å²) in [6.07, 6.45) is 1.77. The summed E-state index contributed by atoms with van der Waals surface area (Å²) in [5.41, 5.74) is 1.65. The standard InChI is InChI=1S/C25H21N7O5S/c33-23(11-13-26-18-3-1-5-20(15-18)31(34)35)28-17-7-9-22(10-8-17)38-24-12-14-27-25(30-24)29-19-4-2-6-21(16-19)32(36)37/h1-10,12,14-16,26H,11,13H2,(H,28,33)(H,27,29,30). The highest BCUT2D eigenvalue weighted by atomic mass is 32.2. The fourth-order valence-corrected chi connectivity index (χ4v) is 4.06. The van der Waals surface area contributed by atoms with Crippen LogP contribution in [-0.2, 0) is 4.79 Å². The number of carbonyl (C=O) groups is 1. The molecule has 0 aliphatic heterocycles. The number of nitrogens with one attached hydrogen (secondary N) is 3. The smallest absolute Gasteiger partial charge is 0.271 e. The monoisotopic (exact) mass is 531 g/mol. The summed E-state index contributed by atoms with van der Waals surface area (Å²) in [5.74, 6) is 0.106. The molecule has 192 valence electrons. The molecular formula is C25H21N7O5S. The number of nitro benzene ring substituents is 2. The summed E-state index contributed by atoms with van der Waals surface area (Å²) in [6, 6.07) is 21.2. The number of hydrogen-bond acceptors (Lipinski definition) is 10. The molecule has 13 heteroatoms. The van der Waals surface area contributed by atoms with Crippen LogP contribution in [0.25, 0.3) is 0 Å². The first-order valence-corrected chi connectivity index (χ1v) is 12.1. The summed E-state index contributed by atoms with van der Waals surface area (Å²) in [6.45, 7) is 0.321. The summed E-state index contributed by atoms with van der Waals surface area (Å²) < 4.78 is 0. The molecule has 0 aliphatic rings. The highest BCUT2D eigenvalue weighted by Crippen LogP contribution is 2.28. The lowest BCUT2D eigenvalue weighted by molar-refractivity contribution is -0.385. The number of rotatable bonds is 11. The molecule has 38 heavy (non-hydrogen) atoms. The Balaban J connectivity index is 1.28. The summed E-state index contributed by atoms with van der Waals surface area (Å²) >= 11 is 1.39. The fourth-order valence-electron chi connectivity index (χ4n) is 3.29. The van der Waals surface area contributed by atoms with Crippen LogP contribution in [-0.4, -0.2) is 32.3 Å². The number of non-ortho nitro benzene ring substituents is 2. The minimum absolute atomic E-state index is 0.0191. The number of hydrogen-bond donors (Lipinski definition) is 3. The predicted molar refractivity (Wildman–Crippen MR) is 144 cm³/mol. The first-order chi connectivity index (χ1) is 18.4. The second kappa shape index (κ2) is 12.3. The Labute approximate surface area is 220 Å². The van der Waals surface area contributed by atoms with Gasteiger partial charge in [0.25, 0.3) is 11.4 Å². The minimum atomic E-state index is -0.471. The zero-order valence-corrected chi connectivity index (χ0v) is 20.6. The second-order valence-electron chi connectivity index (χ2n) is 7.81. The van der Waals surface area contributed by atoms with Crippen molar-refractivity contribution in [3.63, 3.8) is 0 Å². The van der Waals surface area contributed by atoms with Gasteiger partial charge in [-0.2, -0.15) is 0 Å². The molecule has 0 saturated heterocycles. The van der Waals surface area contributed by atoms with Crippen LogP contribution in [0.1, 0.15) is 6.42 Å². The highest BCUT2D eigenvalue weighted by Gasteiger charge is 2.09. The molecular weight excluding hydrogens is 510 g/mol. The quantitative estimate of drug-likeness (QED) is 0.125. The topological polar surface area (TPSA) is 165 Å². The number of nitro groups is 2. The van der Waals surface area contributed by atoms with Gasteiger partial charge in [0.1, 0.15) is 5.03 Å². The van der Waals surface area contributed by atoms with E-state index in [0.717, 1.165) is 4.90 Å². The first-order valence-electron chi connectivity index (χ1n) is 11.3. The largest absolute Gasteiger partial charge is 0.384 e. The molecule has 3 aromatic carbocycles. The maximum Gasteiger partial charge on any atom is 0.271 e. The third-order valence-corrected chi connectivity index (χ3v) is 5.99. The van der Waals surface area contributed by atoms with E-state index < -0.39 is 9.85 Å². The highest BCUT2D eigenvalue weighted by molar-refractivity contribution is 7.99. The van der Waals surface area contributed by atoms with E-state index in [1.165, 1.54) is 36.0 Å². The maximum atomic E-state index is 12.3. The van der Waals surface area contributed by atoms with Gasteiger partial charge in [-0.3, -0.25) is 25.0 Å². The van der Waals surface area contributed by atoms with Gasteiger partial charge in [0.05, 0.1) is 9.85 Å². The van der Waals surface area contributed by atoms with Gasteiger partial charge in [-0.1, -0.05) is 23.9 Å². The molecule has 1 aromatic heterocycles. The predicted octanol–water partition coefficient (Wildman–Crippen LogP) is 5.63. The molecule has 4 rings (SSSR count). The molecule has 0 aliphatic carbocycles. The van der Waals surface area contributed by atoms with Crippen molar-refractivity contribution in [2.24, 2.45) is 0 Å². The maximum absolute atomic E-state index is 12.3. The van der Waals surface area contributed by atoms with Crippen LogP contribution in [0.4, 0.5) is 34.4 Å². The Morgan fingerprint density at radius 1 is 0.842 bits per heavy atom. The Hall–Kier alpha value is -5.04. The summed E-state index contributed by atoms with van der Waals surface area (Å²) in [7, 11) is 0. The van der Waals surface area contributed by atoms with Gasteiger partial charge in [0.2, 0.25) is 11.9 Å². The van der Waals surface area contributed by atoms with Crippen molar-refractivity contribution in [1.29, 1.82) is 0 Å². The van der Waals surface area contributed by atoms with Gasteiger partial charge in [0, 0.05) is 65.4 Å². The van der Waals surface area contributed by atoms with E-state index in [9.17, 15) is 25.0 Å². The molecule has 0 spiro atoms. The molecule has 0 saturated carbocycles. The van der Waals surface area contributed by atoms with Gasteiger partial charge in [-0.15, -0.1) is 0 Å². The zero-order chi connectivity index (χ0) is 26.9. The lowest BCUT2D eigenvalue weighted by Gasteiger charge is -2.09. The number of nitrogens with zero attached hydrogens (tertiary/aromatic N) is 4. The van der Waals surface area contributed by atoms with Gasteiger partial charge in [-0.25, -0.2) is 9.97 Å². The lowest BCUT2D eigenvalue weighted by atomic mass is 10.2. The Morgan fingerprint density at radius 2 is 1.50 bits per heavy atom. The van der Waals surface area contributed by atoms with Crippen LogP contribution in [0.5, 0.6) is 0 Å². The number of amides is 1. The van der Waals surface area contributed by atoms with E-state index in [4.69, 9.17) is 0 Å². The third-order valence-electron chi connectivity index (χ3n) is 5.04. The molecule has 1 heterocycles. The van der Waals surface area contributed by atoms with Gasteiger partial charge in [0.15, 0.2) is 0 Å². The molecule has 0 radical (unpaired) electrons. The Kier molecular flexibility index (Phi) is 8.41. The number of aromatic nitrogens is 2. The van der Waals surface area contributed by atoms with E-state index in [2.05, 4.69) is 25.9 Å². The Morgan fingerprint density at radius 3 is 2.18 bits per heavy atom. The van der Waals surface area contributed by atoms with E-state index >= 15 is 0 Å². The van der Waals surface area contributed by atoms with Crippen molar-refractivity contribution in [2.45, 2.75) is 16.3 Å². The average Bonchev–Trinajstić information content (AvgIpc) is 2.90. The average molecular weight is 532 g/mol. The van der Waals surface area contributed by atoms with Crippen molar-refractivity contribution < 1.29 is 14.6 Å². The van der Waals surface area contributed by atoms with Crippen molar-refractivity contribution >= 4 is 52.1 Å². The lowest BCUT2D eigenvalue weighted by Crippen LogP contribution is -2.16. The summed E-state index contributed by atoms with van der Waals surface area (Å²) in [4.78, 5) is 42.7. The second-order valence-corrected chi connectivity index (χ2v) is 8.90. The van der Waals surface area contributed by atoms with Crippen LogP contribution in [0.3, 0.4) is 0 Å². The number of benzene rings is 3. The molecule has 0 atom stereocenters.